The van der Waals surface area contributed by atoms with Crippen LogP contribution in [0.3, 0.4) is 0 Å². The summed E-state index contributed by atoms with van der Waals surface area (Å²) in [6, 6.07) is 11.0. The van der Waals surface area contributed by atoms with Crippen molar-refractivity contribution in [2.24, 2.45) is 17.8 Å². The van der Waals surface area contributed by atoms with Gasteiger partial charge in [0.2, 0.25) is 0 Å². The molecule has 3 atom stereocenters. The molecule has 0 radical (unpaired) electrons. The number of nitrogens with zero attached hydrogens (tertiary/aromatic N) is 1. The van der Waals surface area contributed by atoms with Gasteiger partial charge in [-0.15, -0.1) is 0 Å². The Labute approximate surface area is 183 Å². The Kier molecular flexibility index (Phi) is 6.12. The topological polar surface area (TPSA) is 63.7 Å². The lowest BCUT2D eigenvalue weighted by Crippen LogP contribution is -2.41. The van der Waals surface area contributed by atoms with Crippen molar-refractivity contribution in [3.8, 4) is 0 Å². The van der Waals surface area contributed by atoms with E-state index in [2.05, 4.69) is 20.8 Å². The van der Waals surface area contributed by atoms with Crippen molar-refractivity contribution in [3.63, 3.8) is 0 Å². The predicted octanol–water partition coefficient (Wildman–Crippen LogP) is 5.22. The highest BCUT2D eigenvalue weighted by Gasteiger charge is 2.34. The van der Waals surface area contributed by atoms with Crippen LogP contribution in [0.2, 0.25) is 0 Å². The normalized spacial score (nSPS) is 23.5. The fourth-order valence-corrected chi connectivity index (χ4v) is 5.14. The van der Waals surface area contributed by atoms with Crippen LogP contribution in [-0.4, -0.2) is 35.3 Å². The molecule has 2 aliphatic rings. The zero-order valence-corrected chi connectivity index (χ0v) is 18.6. The number of hydrogen-bond acceptors (Lipinski definition) is 4. The molecule has 0 aromatic heterocycles. The molecular weight excluding hydrogens is 390 g/mol. The number of imide groups is 1. The zero-order chi connectivity index (χ0) is 22.1. The van der Waals surface area contributed by atoms with Crippen LogP contribution in [0.25, 0.3) is 10.8 Å². The second-order valence-corrected chi connectivity index (χ2v) is 9.43. The largest absolute Gasteiger partial charge is 0.462 e. The molecule has 1 saturated carbocycles. The number of amides is 2. The lowest BCUT2D eigenvalue weighted by atomic mass is 9.75. The van der Waals surface area contributed by atoms with Crippen LogP contribution in [0.4, 0.5) is 0 Å². The van der Waals surface area contributed by atoms with Gasteiger partial charge < -0.3 is 4.74 Å². The zero-order valence-electron chi connectivity index (χ0n) is 18.6. The minimum absolute atomic E-state index is 0.0287. The van der Waals surface area contributed by atoms with E-state index in [1.54, 1.807) is 12.1 Å². The highest BCUT2D eigenvalue weighted by molar-refractivity contribution is 6.25. The SMILES string of the molecule is CC(C)[C@@H]1CC[C@H](C)C[C@H]1OC(=O)CCCN1C(=O)c2cccc3cccc(c23)C1=O. The lowest BCUT2D eigenvalue weighted by molar-refractivity contribution is -0.156. The van der Waals surface area contributed by atoms with E-state index in [0.717, 1.165) is 23.6 Å². The van der Waals surface area contributed by atoms with Gasteiger partial charge in [-0.25, -0.2) is 0 Å². The minimum Gasteiger partial charge on any atom is -0.462 e. The summed E-state index contributed by atoms with van der Waals surface area (Å²) in [7, 11) is 0. The molecule has 1 aliphatic carbocycles. The molecule has 0 saturated heterocycles. The molecule has 1 aliphatic heterocycles. The van der Waals surface area contributed by atoms with E-state index in [0.29, 0.717) is 35.3 Å². The van der Waals surface area contributed by atoms with Gasteiger partial charge >= 0.3 is 5.97 Å². The van der Waals surface area contributed by atoms with Gasteiger partial charge in [0.05, 0.1) is 0 Å². The average Bonchev–Trinajstić information content (AvgIpc) is 2.74. The van der Waals surface area contributed by atoms with Crippen LogP contribution in [0, 0.1) is 17.8 Å². The fourth-order valence-electron chi connectivity index (χ4n) is 5.14. The Hall–Kier alpha value is -2.69. The van der Waals surface area contributed by atoms with Gasteiger partial charge in [-0.2, -0.15) is 0 Å². The van der Waals surface area contributed by atoms with E-state index in [-0.39, 0.29) is 36.9 Å². The van der Waals surface area contributed by atoms with Crippen LogP contribution in [0.15, 0.2) is 36.4 Å². The second kappa shape index (κ2) is 8.81. The van der Waals surface area contributed by atoms with Crippen molar-refractivity contribution in [2.75, 3.05) is 6.54 Å². The van der Waals surface area contributed by atoms with Gasteiger partial charge in [-0.1, -0.05) is 51.5 Å². The van der Waals surface area contributed by atoms with Crippen LogP contribution < -0.4 is 0 Å². The third-order valence-corrected chi connectivity index (χ3v) is 6.86. The van der Waals surface area contributed by atoms with Crippen LogP contribution in [0.5, 0.6) is 0 Å². The quantitative estimate of drug-likeness (QED) is 0.474. The molecule has 0 bridgehead atoms. The summed E-state index contributed by atoms with van der Waals surface area (Å²) >= 11 is 0. The van der Waals surface area contributed by atoms with Crippen LogP contribution >= 0.6 is 0 Å². The highest BCUT2D eigenvalue weighted by Crippen LogP contribution is 2.35. The van der Waals surface area contributed by atoms with E-state index < -0.39 is 0 Å². The van der Waals surface area contributed by atoms with E-state index in [1.807, 2.05) is 24.3 Å². The van der Waals surface area contributed by atoms with Gasteiger partial charge in [0.25, 0.3) is 11.8 Å². The number of rotatable bonds is 6. The molecule has 0 N–H and O–H groups in total. The second-order valence-electron chi connectivity index (χ2n) is 9.43. The Morgan fingerprint density at radius 2 is 1.71 bits per heavy atom. The Balaban J connectivity index is 1.38. The van der Waals surface area contributed by atoms with Crippen LogP contribution in [0.1, 0.15) is 73.6 Å². The Bertz CT molecular complexity index is 961. The van der Waals surface area contributed by atoms with Crippen molar-refractivity contribution < 1.29 is 19.1 Å². The Morgan fingerprint density at radius 3 is 2.32 bits per heavy atom. The van der Waals surface area contributed by atoms with E-state index in [4.69, 9.17) is 4.74 Å². The van der Waals surface area contributed by atoms with Crippen molar-refractivity contribution in [1.29, 1.82) is 0 Å². The highest BCUT2D eigenvalue weighted by atomic mass is 16.5. The monoisotopic (exact) mass is 421 g/mol. The molecule has 2 aromatic rings. The van der Waals surface area contributed by atoms with Crippen molar-refractivity contribution >= 4 is 28.6 Å². The molecule has 0 unspecified atom stereocenters. The van der Waals surface area contributed by atoms with E-state index in [9.17, 15) is 14.4 Å². The van der Waals surface area contributed by atoms with Gasteiger partial charge in [-0.05, 0) is 54.5 Å². The number of esters is 1. The summed E-state index contributed by atoms with van der Waals surface area (Å²) in [6.07, 6.45) is 3.78. The predicted molar refractivity (Wildman–Crippen MR) is 120 cm³/mol. The third-order valence-electron chi connectivity index (χ3n) is 6.86. The summed E-state index contributed by atoms with van der Waals surface area (Å²) in [5.74, 6) is 0.648. The summed E-state index contributed by atoms with van der Waals surface area (Å²) in [4.78, 5) is 39.7. The molecule has 2 amide bonds. The minimum atomic E-state index is -0.288. The average molecular weight is 422 g/mol. The maximum absolute atomic E-state index is 12.9. The first-order chi connectivity index (χ1) is 14.9. The number of carbonyl (C=O) groups is 3. The van der Waals surface area contributed by atoms with Crippen molar-refractivity contribution in [1.82, 2.24) is 4.90 Å². The Morgan fingerprint density at radius 1 is 1.06 bits per heavy atom. The summed E-state index contributed by atoms with van der Waals surface area (Å²) in [6.45, 7) is 6.80. The summed E-state index contributed by atoms with van der Waals surface area (Å²) in [5.41, 5.74) is 1.09. The maximum atomic E-state index is 12.9. The first-order valence-corrected chi connectivity index (χ1v) is 11.4. The molecule has 31 heavy (non-hydrogen) atoms. The number of carbonyl (C=O) groups excluding carboxylic acids is 3. The van der Waals surface area contributed by atoms with E-state index in [1.165, 1.54) is 11.3 Å². The first-order valence-electron chi connectivity index (χ1n) is 11.4. The smallest absolute Gasteiger partial charge is 0.306 e. The molecule has 0 spiro atoms. The van der Waals surface area contributed by atoms with Crippen LogP contribution in [-0.2, 0) is 9.53 Å². The van der Waals surface area contributed by atoms with Crippen molar-refractivity contribution in [3.05, 3.63) is 47.5 Å². The molecule has 5 nitrogen and oxygen atoms in total. The maximum Gasteiger partial charge on any atom is 0.306 e. The molecule has 1 fully saturated rings. The summed E-state index contributed by atoms with van der Waals surface area (Å²) < 4.78 is 5.85. The van der Waals surface area contributed by atoms with Gasteiger partial charge in [0.15, 0.2) is 0 Å². The third kappa shape index (κ3) is 4.23. The fraction of sp³-hybridized carbons (Fsp3) is 0.500. The van der Waals surface area contributed by atoms with Gasteiger partial charge in [0, 0.05) is 29.5 Å². The lowest BCUT2D eigenvalue weighted by Gasteiger charge is -2.36. The first kappa shape index (κ1) is 21.5. The molecule has 4 rings (SSSR count). The standard InChI is InChI=1S/C26H31NO4/c1-16(2)19-13-12-17(3)15-22(19)31-23(28)11-6-14-27-25(29)20-9-4-7-18-8-5-10-21(24(18)20)26(27)30/h4-5,7-10,16-17,19,22H,6,11-15H2,1-3H3/t17-,19-,22+/m0/s1. The molecule has 5 heteroatoms. The number of hydrogen-bond donors (Lipinski definition) is 0. The van der Waals surface area contributed by atoms with Gasteiger partial charge in [0.1, 0.15) is 6.10 Å². The molecular formula is C26H31NO4. The molecule has 164 valence electrons. The van der Waals surface area contributed by atoms with E-state index >= 15 is 0 Å². The number of benzene rings is 2. The van der Waals surface area contributed by atoms with Crippen molar-refractivity contribution in [2.45, 2.75) is 59.0 Å². The number of ether oxygens (including phenoxy) is 1. The van der Waals surface area contributed by atoms with Gasteiger partial charge in [-0.3, -0.25) is 19.3 Å². The molecule has 1 heterocycles. The molecule has 2 aromatic carbocycles. The summed E-state index contributed by atoms with van der Waals surface area (Å²) in [5, 5.41) is 1.61.